The molecular formula is C11H20N4O. The second kappa shape index (κ2) is 4.72. The van der Waals surface area contributed by atoms with Crippen molar-refractivity contribution in [3.8, 4) is 0 Å². The molecule has 0 radical (unpaired) electrons. The molecule has 2 aliphatic heterocycles. The maximum absolute atomic E-state index is 11.5. The lowest BCUT2D eigenvalue weighted by Gasteiger charge is -2.32. The van der Waals surface area contributed by atoms with Crippen LogP contribution in [-0.4, -0.2) is 54.9 Å². The summed E-state index contributed by atoms with van der Waals surface area (Å²) in [6.45, 7) is 3.61. The first-order valence-electron chi connectivity index (χ1n) is 5.95. The van der Waals surface area contributed by atoms with E-state index in [0.717, 1.165) is 26.1 Å². The van der Waals surface area contributed by atoms with E-state index in [1.165, 1.54) is 6.42 Å². The van der Waals surface area contributed by atoms with E-state index in [-0.39, 0.29) is 5.91 Å². The molecule has 2 aliphatic rings. The van der Waals surface area contributed by atoms with Crippen molar-refractivity contribution in [2.75, 3.05) is 33.2 Å². The van der Waals surface area contributed by atoms with Crippen molar-refractivity contribution < 1.29 is 4.79 Å². The molecule has 1 amide bonds. The third-order valence-corrected chi connectivity index (χ3v) is 3.45. The number of nitrogens with two attached hydrogens (primary N) is 1. The molecule has 0 aliphatic carbocycles. The van der Waals surface area contributed by atoms with Crippen LogP contribution in [0.3, 0.4) is 0 Å². The minimum Gasteiger partial charge on any atom is -0.370 e. The number of aliphatic imine (C=N–C) groups is 1. The van der Waals surface area contributed by atoms with Crippen molar-refractivity contribution in [2.24, 2.45) is 16.6 Å². The smallest absolute Gasteiger partial charge is 0.222 e. The van der Waals surface area contributed by atoms with Crippen LogP contribution in [0.1, 0.15) is 19.3 Å². The molecule has 2 rings (SSSR count). The maximum Gasteiger partial charge on any atom is 0.222 e. The van der Waals surface area contributed by atoms with Crippen molar-refractivity contribution in [1.29, 1.82) is 0 Å². The van der Waals surface area contributed by atoms with Crippen LogP contribution in [0.2, 0.25) is 0 Å². The fraction of sp³-hybridized carbons (Fsp3) is 0.818. The van der Waals surface area contributed by atoms with Gasteiger partial charge >= 0.3 is 0 Å². The SMILES string of the molecule is CN1CCC(CN=C(N)N2CCC2)CC1=O. The quantitative estimate of drug-likeness (QED) is 0.525. The highest BCUT2D eigenvalue weighted by atomic mass is 16.2. The van der Waals surface area contributed by atoms with Gasteiger partial charge < -0.3 is 15.5 Å². The molecule has 2 heterocycles. The van der Waals surface area contributed by atoms with Gasteiger partial charge in [0.15, 0.2) is 5.96 Å². The van der Waals surface area contributed by atoms with E-state index in [1.54, 1.807) is 4.90 Å². The van der Waals surface area contributed by atoms with Gasteiger partial charge in [-0.05, 0) is 18.8 Å². The van der Waals surface area contributed by atoms with Gasteiger partial charge in [-0.25, -0.2) is 0 Å². The molecule has 0 saturated carbocycles. The summed E-state index contributed by atoms with van der Waals surface area (Å²) in [5.74, 6) is 1.26. The number of carbonyl (C=O) groups excluding carboxylic acids is 1. The topological polar surface area (TPSA) is 61.9 Å². The first-order chi connectivity index (χ1) is 7.66. The Morgan fingerprint density at radius 2 is 2.25 bits per heavy atom. The Kier molecular flexibility index (Phi) is 3.31. The van der Waals surface area contributed by atoms with Crippen LogP contribution in [0.5, 0.6) is 0 Å². The van der Waals surface area contributed by atoms with E-state index in [9.17, 15) is 4.79 Å². The number of hydrogen-bond donors (Lipinski definition) is 1. The summed E-state index contributed by atoms with van der Waals surface area (Å²) in [6.07, 6.45) is 2.87. The van der Waals surface area contributed by atoms with Crippen LogP contribution in [-0.2, 0) is 4.79 Å². The first kappa shape index (κ1) is 11.2. The van der Waals surface area contributed by atoms with Crippen molar-refractivity contribution in [2.45, 2.75) is 19.3 Å². The normalized spacial score (nSPS) is 26.9. The number of guanidine groups is 1. The van der Waals surface area contributed by atoms with Crippen molar-refractivity contribution in [1.82, 2.24) is 9.80 Å². The summed E-state index contributed by atoms with van der Waals surface area (Å²) >= 11 is 0. The second-order valence-electron chi connectivity index (χ2n) is 4.71. The highest BCUT2D eigenvalue weighted by molar-refractivity contribution is 5.79. The molecule has 1 atom stereocenters. The lowest BCUT2D eigenvalue weighted by Crippen LogP contribution is -2.46. The largest absolute Gasteiger partial charge is 0.370 e. The van der Waals surface area contributed by atoms with E-state index in [4.69, 9.17) is 5.73 Å². The van der Waals surface area contributed by atoms with Crippen molar-refractivity contribution >= 4 is 11.9 Å². The van der Waals surface area contributed by atoms with E-state index < -0.39 is 0 Å². The van der Waals surface area contributed by atoms with Crippen LogP contribution in [0.15, 0.2) is 4.99 Å². The lowest BCUT2D eigenvalue weighted by molar-refractivity contribution is -0.133. The van der Waals surface area contributed by atoms with Gasteiger partial charge in [-0.1, -0.05) is 0 Å². The highest BCUT2D eigenvalue weighted by Gasteiger charge is 2.23. The molecule has 2 fully saturated rings. The zero-order valence-electron chi connectivity index (χ0n) is 9.85. The third-order valence-electron chi connectivity index (χ3n) is 3.45. The summed E-state index contributed by atoms with van der Waals surface area (Å²) in [4.78, 5) is 19.7. The molecule has 90 valence electrons. The van der Waals surface area contributed by atoms with E-state index in [2.05, 4.69) is 9.89 Å². The maximum atomic E-state index is 11.5. The number of nitrogens with zero attached hydrogens (tertiary/aromatic N) is 3. The molecule has 2 N–H and O–H groups in total. The third kappa shape index (κ3) is 2.46. The van der Waals surface area contributed by atoms with Crippen LogP contribution < -0.4 is 5.73 Å². The van der Waals surface area contributed by atoms with Gasteiger partial charge in [0.25, 0.3) is 0 Å². The lowest BCUT2D eigenvalue weighted by atomic mass is 9.97. The molecule has 1 unspecified atom stereocenters. The Bertz CT molecular complexity index is 298. The standard InChI is InChI=1S/C11H20N4O/c1-14-6-3-9(7-10(14)16)8-13-11(12)15-4-2-5-15/h9H,2-8H2,1H3,(H2,12,13). The van der Waals surface area contributed by atoms with Crippen LogP contribution >= 0.6 is 0 Å². The number of piperidine rings is 1. The fourth-order valence-electron chi connectivity index (χ4n) is 2.03. The predicted octanol–water partition coefficient (Wildman–Crippen LogP) is -0.125. The van der Waals surface area contributed by atoms with Gasteiger partial charge in [-0.3, -0.25) is 9.79 Å². The Morgan fingerprint density at radius 1 is 1.50 bits per heavy atom. The molecule has 0 aromatic carbocycles. The average Bonchev–Trinajstić information content (AvgIpc) is 2.17. The Morgan fingerprint density at radius 3 is 2.81 bits per heavy atom. The summed E-state index contributed by atoms with van der Waals surface area (Å²) in [6, 6.07) is 0. The fourth-order valence-corrected chi connectivity index (χ4v) is 2.03. The van der Waals surface area contributed by atoms with Crippen LogP contribution in [0.25, 0.3) is 0 Å². The van der Waals surface area contributed by atoms with Gasteiger partial charge in [0.1, 0.15) is 0 Å². The van der Waals surface area contributed by atoms with Gasteiger partial charge in [-0.2, -0.15) is 0 Å². The van der Waals surface area contributed by atoms with Crippen LogP contribution in [0.4, 0.5) is 0 Å². The minimum atomic E-state index is 0.231. The molecule has 0 aromatic rings. The Hall–Kier alpha value is -1.26. The molecule has 5 heteroatoms. The summed E-state index contributed by atoms with van der Waals surface area (Å²) in [5.41, 5.74) is 5.84. The number of hydrogen-bond acceptors (Lipinski definition) is 2. The highest BCUT2D eigenvalue weighted by Crippen LogP contribution is 2.17. The molecule has 5 nitrogen and oxygen atoms in total. The number of amides is 1. The molecule has 0 aromatic heterocycles. The van der Waals surface area contributed by atoms with Crippen molar-refractivity contribution in [3.05, 3.63) is 0 Å². The van der Waals surface area contributed by atoms with Crippen molar-refractivity contribution in [3.63, 3.8) is 0 Å². The number of likely N-dealkylation sites (tertiary alicyclic amines) is 2. The average molecular weight is 224 g/mol. The van der Waals surface area contributed by atoms with E-state index >= 15 is 0 Å². The summed E-state index contributed by atoms with van der Waals surface area (Å²) in [7, 11) is 1.86. The minimum absolute atomic E-state index is 0.231. The Balaban J connectivity index is 1.79. The zero-order valence-corrected chi connectivity index (χ0v) is 9.85. The predicted molar refractivity (Wildman–Crippen MR) is 63.0 cm³/mol. The second-order valence-corrected chi connectivity index (χ2v) is 4.71. The van der Waals surface area contributed by atoms with Crippen LogP contribution in [0, 0.1) is 5.92 Å². The Labute approximate surface area is 96.3 Å². The molecule has 0 spiro atoms. The van der Waals surface area contributed by atoms with Gasteiger partial charge in [0.05, 0.1) is 0 Å². The molecule has 16 heavy (non-hydrogen) atoms. The molecule has 0 bridgehead atoms. The van der Waals surface area contributed by atoms with E-state index in [0.29, 0.717) is 24.8 Å². The molecule has 2 saturated heterocycles. The summed E-state index contributed by atoms with van der Waals surface area (Å²) < 4.78 is 0. The first-order valence-corrected chi connectivity index (χ1v) is 5.95. The zero-order chi connectivity index (χ0) is 11.5. The van der Waals surface area contributed by atoms with E-state index in [1.807, 2.05) is 7.05 Å². The summed E-state index contributed by atoms with van der Waals surface area (Å²) in [5, 5.41) is 0. The van der Waals surface area contributed by atoms with Gasteiger partial charge in [-0.15, -0.1) is 0 Å². The number of carbonyl (C=O) groups is 1. The number of rotatable bonds is 2. The van der Waals surface area contributed by atoms with Gasteiger partial charge in [0, 0.05) is 39.6 Å². The van der Waals surface area contributed by atoms with Gasteiger partial charge in [0.2, 0.25) is 5.91 Å². The monoisotopic (exact) mass is 224 g/mol. The molecular weight excluding hydrogens is 204 g/mol.